The van der Waals surface area contributed by atoms with Crippen molar-refractivity contribution in [2.75, 3.05) is 13.2 Å². The van der Waals surface area contributed by atoms with Gasteiger partial charge in [0.1, 0.15) is 5.69 Å². The Morgan fingerprint density at radius 1 is 1.27 bits per heavy atom. The highest BCUT2D eigenvalue weighted by atomic mass is 32.1. The highest BCUT2D eigenvalue weighted by Gasteiger charge is 2.20. The van der Waals surface area contributed by atoms with Gasteiger partial charge in [0.15, 0.2) is 0 Å². The van der Waals surface area contributed by atoms with Crippen LogP contribution in [0.15, 0.2) is 36.4 Å². The molecule has 0 spiro atoms. The van der Waals surface area contributed by atoms with Crippen molar-refractivity contribution in [3.05, 3.63) is 58.1 Å². The zero-order valence-corrected chi connectivity index (χ0v) is 16.1. The normalized spacial score (nSPS) is 17.1. The number of carbonyl (C=O) groups is 1. The van der Waals surface area contributed by atoms with E-state index < -0.39 is 0 Å². The van der Waals surface area contributed by atoms with Crippen LogP contribution in [-0.2, 0) is 11.3 Å². The van der Waals surface area contributed by atoms with E-state index in [0.717, 1.165) is 35.4 Å². The van der Waals surface area contributed by atoms with Gasteiger partial charge in [-0.3, -0.25) is 4.79 Å². The smallest absolute Gasteiger partial charge is 0.268 e. The number of aryl methyl sites for hydroxylation is 2. The van der Waals surface area contributed by atoms with E-state index in [1.165, 1.54) is 16.0 Å². The van der Waals surface area contributed by atoms with Gasteiger partial charge >= 0.3 is 0 Å². The monoisotopic (exact) mass is 368 g/mol. The van der Waals surface area contributed by atoms with Gasteiger partial charge in [0.2, 0.25) is 0 Å². The van der Waals surface area contributed by atoms with E-state index in [1.54, 1.807) is 11.3 Å². The zero-order valence-electron chi connectivity index (χ0n) is 15.2. The number of carbonyl (C=O) groups excluding carboxylic acids is 1. The quantitative estimate of drug-likeness (QED) is 0.731. The molecule has 3 heterocycles. The lowest BCUT2D eigenvalue weighted by molar-refractivity contribution is 0.0851. The number of thiophene rings is 1. The molecule has 1 aromatic carbocycles. The predicted octanol–water partition coefficient (Wildman–Crippen LogP) is 4.28. The fourth-order valence-electron chi connectivity index (χ4n) is 3.50. The Kier molecular flexibility index (Phi) is 4.83. The summed E-state index contributed by atoms with van der Waals surface area (Å²) >= 11 is 1.74. The van der Waals surface area contributed by atoms with Gasteiger partial charge in [0.25, 0.3) is 5.91 Å². The highest BCUT2D eigenvalue weighted by Crippen LogP contribution is 2.29. The number of hydrogen-bond donors (Lipinski definition) is 1. The summed E-state index contributed by atoms with van der Waals surface area (Å²) < 4.78 is 8.91. The molecule has 1 N–H and O–H groups in total. The Morgan fingerprint density at radius 2 is 2.08 bits per heavy atom. The molecule has 136 valence electrons. The van der Waals surface area contributed by atoms with Crippen molar-refractivity contribution >= 4 is 27.5 Å². The van der Waals surface area contributed by atoms with Gasteiger partial charge in [0, 0.05) is 24.6 Å². The molecule has 3 aromatic rings. The van der Waals surface area contributed by atoms with Crippen molar-refractivity contribution in [3.63, 3.8) is 0 Å². The second-order valence-corrected chi connectivity index (χ2v) is 8.34. The Bertz CT molecular complexity index is 918. The molecule has 5 heteroatoms. The first kappa shape index (κ1) is 17.3. The van der Waals surface area contributed by atoms with Gasteiger partial charge in [-0.05, 0) is 44.4 Å². The number of rotatable bonds is 5. The van der Waals surface area contributed by atoms with Crippen LogP contribution in [0.3, 0.4) is 0 Å². The van der Waals surface area contributed by atoms with Crippen LogP contribution >= 0.6 is 11.3 Å². The van der Waals surface area contributed by atoms with Gasteiger partial charge in [-0.2, -0.15) is 0 Å². The maximum absolute atomic E-state index is 12.8. The van der Waals surface area contributed by atoms with Crippen LogP contribution in [0.25, 0.3) is 10.2 Å². The van der Waals surface area contributed by atoms with Crippen molar-refractivity contribution in [1.29, 1.82) is 0 Å². The highest BCUT2D eigenvalue weighted by molar-refractivity contribution is 7.19. The standard InChI is InChI=1S/C21H24N2O2S/c1-14-5-7-16(8-6-14)13-23-18-10-15(2)26-20(18)11-19(23)21(24)22-12-17-4-3-9-25-17/h5-8,10-11,17H,3-4,9,12-13H2,1-2H3,(H,22,24)/t17-/m0/s1. The second-order valence-electron chi connectivity index (χ2n) is 7.05. The molecule has 1 atom stereocenters. The largest absolute Gasteiger partial charge is 0.376 e. The SMILES string of the molecule is Cc1ccc(Cn2c(C(=O)NC[C@@H]3CCCO3)cc3sc(C)cc32)cc1. The molecule has 0 aliphatic carbocycles. The fourth-order valence-corrected chi connectivity index (χ4v) is 4.46. The molecule has 1 aliphatic rings. The maximum Gasteiger partial charge on any atom is 0.268 e. The van der Waals surface area contributed by atoms with E-state index in [1.807, 2.05) is 6.07 Å². The zero-order chi connectivity index (χ0) is 18.1. The molecule has 0 radical (unpaired) electrons. The molecule has 0 saturated carbocycles. The third-order valence-electron chi connectivity index (χ3n) is 4.92. The molecule has 4 nitrogen and oxygen atoms in total. The number of ether oxygens (including phenoxy) is 1. The first-order chi connectivity index (χ1) is 12.6. The predicted molar refractivity (Wildman–Crippen MR) is 106 cm³/mol. The van der Waals surface area contributed by atoms with Crippen LogP contribution in [0.5, 0.6) is 0 Å². The van der Waals surface area contributed by atoms with Crippen LogP contribution < -0.4 is 5.32 Å². The van der Waals surface area contributed by atoms with Crippen LogP contribution in [0.4, 0.5) is 0 Å². The summed E-state index contributed by atoms with van der Waals surface area (Å²) in [5.41, 5.74) is 4.30. The minimum atomic E-state index is -0.0198. The topological polar surface area (TPSA) is 43.3 Å². The average molecular weight is 369 g/mol. The van der Waals surface area contributed by atoms with Crippen molar-refractivity contribution in [2.45, 2.75) is 39.3 Å². The van der Waals surface area contributed by atoms with E-state index in [4.69, 9.17) is 4.74 Å². The Labute approximate surface area is 157 Å². The second kappa shape index (κ2) is 7.25. The van der Waals surface area contributed by atoms with Gasteiger partial charge in [0.05, 0.1) is 16.3 Å². The third kappa shape index (κ3) is 3.55. The number of amides is 1. The molecule has 0 bridgehead atoms. The first-order valence-electron chi connectivity index (χ1n) is 9.15. The summed E-state index contributed by atoms with van der Waals surface area (Å²) in [6.45, 7) is 6.28. The summed E-state index contributed by atoms with van der Waals surface area (Å²) in [4.78, 5) is 14.1. The molecule has 0 unspecified atom stereocenters. The molecular formula is C21H24N2O2S. The van der Waals surface area contributed by atoms with Crippen molar-refractivity contribution < 1.29 is 9.53 Å². The van der Waals surface area contributed by atoms with E-state index in [-0.39, 0.29) is 12.0 Å². The minimum absolute atomic E-state index is 0.0198. The number of fused-ring (bicyclic) bond motifs is 1. The molecule has 1 saturated heterocycles. The first-order valence-corrected chi connectivity index (χ1v) is 9.97. The summed E-state index contributed by atoms with van der Waals surface area (Å²) in [5.74, 6) is -0.0198. The Morgan fingerprint density at radius 3 is 2.81 bits per heavy atom. The van der Waals surface area contributed by atoms with Gasteiger partial charge in [-0.15, -0.1) is 11.3 Å². The number of aromatic nitrogens is 1. The van der Waals surface area contributed by atoms with Crippen LogP contribution in [0, 0.1) is 13.8 Å². The molecule has 2 aromatic heterocycles. The summed E-state index contributed by atoms with van der Waals surface area (Å²) in [7, 11) is 0. The average Bonchev–Trinajstić information content (AvgIpc) is 3.32. The molecule has 1 fully saturated rings. The number of nitrogens with zero attached hydrogens (tertiary/aromatic N) is 1. The van der Waals surface area contributed by atoms with Crippen LogP contribution in [-0.4, -0.2) is 29.7 Å². The lowest BCUT2D eigenvalue weighted by Gasteiger charge is -2.13. The molecule has 4 rings (SSSR count). The van der Waals surface area contributed by atoms with Crippen molar-refractivity contribution in [1.82, 2.24) is 9.88 Å². The third-order valence-corrected chi connectivity index (χ3v) is 5.91. The lowest BCUT2D eigenvalue weighted by Crippen LogP contribution is -2.33. The van der Waals surface area contributed by atoms with E-state index in [0.29, 0.717) is 13.1 Å². The van der Waals surface area contributed by atoms with Crippen molar-refractivity contribution in [2.24, 2.45) is 0 Å². The van der Waals surface area contributed by atoms with E-state index in [2.05, 4.69) is 54.1 Å². The van der Waals surface area contributed by atoms with Crippen LogP contribution in [0.2, 0.25) is 0 Å². The molecule has 1 amide bonds. The Hall–Kier alpha value is -2.11. The molecular weight excluding hydrogens is 344 g/mol. The maximum atomic E-state index is 12.8. The molecule has 1 aliphatic heterocycles. The minimum Gasteiger partial charge on any atom is -0.376 e. The summed E-state index contributed by atoms with van der Waals surface area (Å²) in [5, 5.41) is 3.06. The van der Waals surface area contributed by atoms with E-state index in [9.17, 15) is 4.79 Å². The van der Waals surface area contributed by atoms with Crippen LogP contribution in [0.1, 0.15) is 39.3 Å². The summed E-state index contributed by atoms with van der Waals surface area (Å²) in [6.07, 6.45) is 2.26. The van der Waals surface area contributed by atoms with Crippen molar-refractivity contribution in [3.8, 4) is 0 Å². The van der Waals surface area contributed by atoms with Gasteiger partial charge in [-0.1, -0.05) is 29.8 Å². The number of hydrogen-bond acceptors (Lipinski definition) is 3. The Balaban J connectivity index is 1.61. The fraction of sp³-hybridized carbons (Fsp3) is 0.381. The lowest BCUT2D eigenvalue weighted by atomic mass is 10.1. The van der Waals surface area contributed by atoms with Gasteiger partial charge < -0.3 is 14.6 Å². The van der Waals surface area contributed by atoms with E-state index >= 15 is 0 Å². The number of benzene rings is 1. The summed E-state index contributed by atoms with van der Waals surface area (Å²) in [6, 6.07) is 12.7. The number of nitrogens with one attached hydrogen (secondary N) is 1. The van der Waals surface area contributed by atoms with Gasteiger partial charge in [-0.25, -0.2) is 0 Å². The molecule has 26 heavy (non-hydrogen) atoms.